The second kappa shape index (κ2) is 5.47. The summed E-state index contributed by atoms with van der Waals surface area (Å²) in [6, 6.07) is 0. The summed E-state index contributed by atoms with van der Waals surface area (Å²) in [5, 5.41) is 0. The van der Waals surface area contributed by atoms with Crippen molar-refractivity contribution in [3.8, 4) is 0 Å². The van der Waals surface area contributed by atoms with Crippen LogP contribution >= 0.6 is 0 Å². The SMILES string of the molecule is CC(C)(C)C(=O)N1CCCN(CC(F)(F)F)CC1. The molecule has 1 fully saturated rings. The van der Waals surface area contributed by atoms with Gasteiger partial charge in [-0.1, -0.05) is 20.8 Å². The number of rotatable bonds is 1. The number of carbonyl (C=O) groups is 1. The number of alkyl halides is 3. The van der Waals surface area contributed by atoms with Crippen LogP contribution in [-0.4, -0.2) is 54.6 Å². The summed E-state index contributed by atoms with van der Waals surface area (Å²) < 4.78 is 36.9. The number of hydrogen-bond acceptors (Lipinski definition) is 2. The van der Waals surface area contributed by atoms with Crippen LogP contribution in [0.3, 0.4) is 0 Å². The standard InChI is InChI=1S/C12H21F3N2O/c1-11(2,3)10(18)17-6-4-5-16(7-8-17)9-12(13,14)15/h4-9H2,1-3H3. The lowest BCUT2D eigenvalue weighted by molar-refractivity contribution is -0.145. The molecule has 1 rings (SSSR count). The molecule has 18 heavy (non-hydrogen) atoms. The minimum absolute atomic E-state index is 0.0105. The Labute approximate surface area is 106 Å². The topological polar surface area (TPSA) is 23.6 Å². The monoisotopic (exact) mass is 266 g/mol. The van der Waals surface area contributed by atoms with E-state index in [4.69, 9.17) is 0 Å². The molecule has 0 saturated carbocycles. The highest BCUT2D eigenvalue weighted by Gasteiger charge is 2.33. The van der Waals surface area contributed by atoms with Crippen molar-refractivity contribution >= 4 is 5.91 Å². The first-order valence-corrected chi connectivity index (χ1v) is 6.18. The van der Waals surface area contributed by atoms with Crippen molar-refractivity contribution in [1.29, 1.82) is 0 Å². The zero-order valence-corrected chi connectivity index (χ0v) is 11.2. The van der Waals surface area contributed by atoms with Gasteiger partial charge in [0.15, 0.2) is 0 Å². The van der Waals surface area contributed by atoms with E-state index in [0.717, 1.165) is 0 Å². The quantitative estimate of drug-likeness (QED) is 0.726. The van der Waals surface area contributed by atoms with Crippen molar-refractivity contribution < 1.29 is 18.0 Å². The summed E-state index contributed by atoms with van der Waals surface area (Å²) in [5.74, 6) is 0.0105. The van der Waals surface area contributed by atoms with E-state index in [1.165, 1.54) is 4.90 Å². The molecule has 0 N–H and O–H groups in total. The van der Waals surface area contributed by atoms with Crippen LogP contribution < -0.4 is 0 Å². The van der Waals surface area contributed by atoms with E-state index in [9.17, 15) is 18.0 Å². The Morgan fingerprint density at radius 2 is 1.67 bits per heavy atom. The van der Waals surface area contributed by atoms with E-state index >= 15 is 0 Å². The van der Waals surface area contributed by atoms with E-state index in [-0.39, 0.29) is 5.91 Å². The lowest BCUT2D eigenvalue weighted by Crippen LogP contribution is -2.42. The Kier molecular flexibility index (Phi) is 4.64. The third-order valence-corrected chi connectivity index (χ3v) is 2.92. The van der Waals surface area contributed by atoms with E-state index in [0.29, 0.717) is 32.6 Å². The molecule has 3 nitrogen and oxygen atoms in total. The van der Waals surface area contributed by atoms with Crippen LogP contribution in [-0.2, 0) is 4.79 Å². The molecule has 1 heterocycles. The molecule has 0 spiro atoms. The van der Waals surface area contributed by atoms with Gasteiger partial charge in [-0.05, 0) is 6.42 Å². The molecule has 0 atom stereocenters. The Balaban J connectivity index is 2.54. The maximum atomic E-state index is 12.3. The van der Waals surface area contributed by atoms with Crippen LogP contribution in [0.25, 0.3) is 0 Å². The number of carbonyl (C=O) groups excluding carboxylic acids is 1. The fourth-order valence-corrected chi connectivity index (χ4v) is 2.06. The Hall–Kier alpha value is -0.780. The maximum Gasteiger partial charge on any atom is 0.401 e. The van der Waals surface area contributed by atoms with Crippen molar-refractivity contribution in [3.63, 3.8) is 0 Å². The average Bonchev–Trinajstić information content (AvgIpc) is 2.38. The normalized spacial score (nSPS) is 19.8. The summed E-state index contributed by atoms with van der Waals surface area (Å²) in [5.41, 5.74) is -0.473. The first kappa shape index (κ1) is 15.3. The van der Waals surface area contributed by atoms with E-state index in [1.54, 1.807) is 4.90 Å². The molecule has 6 heteroatoms. The van der Waals surface area contributed by atoms with Gasteiger partial charge in [0.1, 0.15) is 0 Å². The number of hydrogen-bond donors (Lipinski definition) is 0. The molecule has 1 amide bonds. The number of amides is 1. The summed E-state index contributed by atoms with van der Waals surface area (Å²) in [6.07, 6.45) is -3.57. The smallest absolute Gasteiger partial charge is 0.341 e. The molecular weight excluding hydrogens is 245 g/mol. The second-order valence-electron chi connectivity index (χ2n) is 5.79. The Morgan fingerprint density at radius 3 is 2.17 bits per heavy atom. The van der Waals surface area contributed by atoms with Gasteiger partial charge >= 0.3 is 6.18 Å². The predicted molar refractivity (Wildman–Crippen MR) is 63.1 cm³/mol. The zero-order chi connectivity index (χ0) is 14.0. The third kappa shape index (κ3) is 4.84. The summed E-state index contributed by atoms with van der Waals surface area (Å²) in [4.78, 5) is 15.1. The maximum absolute atomic E-state index is 12.3. The molecule has 1 aliphatic heterocycles. The van der Waals surface area contributed by atoms with Crippen molar-refractivity contribution in [2.75, 3.05) is 32.7 Å². The van der Waals surface area contributed by atoms with Crippen molar-refractivity contribution in [1.82, 2.24) is 9.80 Å². The van der Waals surface area contributed by atoms with Crippen LogP contribution in [0.2, 0.25) is 0 Å². The molecule has 0 aliphatic carbocycles. The fraction of sp³-hybridized carbons (Fsp3) is 0.917. The Morgan fingerprint density at radius 1 is 1.06 bits per heavy atom. The minimum atomic E-state index is -4.16. The van der Waals surface area contributed by atoms with Crippen molar-refractivity contribution in [2.45, 2.75) is 33.4 Å². The first-order chi connectivity index (χ1) is 8.09. The first-order valence-electron chi connectivity index (χ1n) is 6.18. The zero-order valence-electron chi connectivity index (χ0n) is 11.2. The molecule has 0 unspecified atom stereocenters. The third-order valence-electron chi connectivity index (χ3n) is 2.92. The Bertz CT molecular complexity index is 297. The molecule has 1 saturated heterocycles. The van der Waals surface area contributed by atoms with Gasteiger partial charge in [0, 0.05) is 31.6 Å². The molecular formula is C12H21F3N2O. The average molecular weight is 266 g/mol. The van der Waals surface area contributed by atoms with Gasteiger partial charge in [0.05, 0.1) is 6.54 Å². The molecule has 1 aliphatic rings. The van der Waals surface area contributed by atoms with Gasteiger partial charge in [0.2, 0.25) is 5.91 Å². The number of nitrogens with zero attached hydrogens (tertiary/aromatic N) is 2. The second-order valence-corrected chi connectivity index (χ2v) is 5.79. The van der Waals surface area contributed by atoms with Crippen molar-refractivity contribution in [2.24, 2.45) is 5.41 Å². The molecule has 0 aromatic rings. The lowest BCUT2D eigenvalue weighted by Gasteiger charge is -2.28. The highest BCUT2D eigenvalue weighted by molar-refractivity contribution is 5.81. The summed E-state index contributed by atoms with van der Waals surface area (Å²) in [7, 11) is 0. The van der Waals surface area contributed by atoms with E-state index < -0.39 is 18.1 Å². The van der Waals surface area contributed by atoms with Gasteiger partial charge in [-0.15, -0.1) is 0 Å². The lowest BCUT2D eigenvalue weighted by atomic mass is 9.94. The van der Waals surface area contributed by atoms with Gasteiger partial charge in [-0.3, -0.25) is 9.69 Å². The minimum Gasteiger partial charge on any atom is -0.341 e. The molecule has 0 bridgehead atoms. The molecule has 0 aromatic carbocycles. The van der Waals surface area contributed by atoms with Gasteiger partial charge in [0.25, 0.3) is 0 Å². The van der Waals surface area contributed by atoms with Crippen LogP contribution in [0, 0.1) is 5.41 Å². The number of halogens is 3. The van der Waals surface area contributed by atoms with Gasteiger partial charge in [-0.25, -0.2) is 0 Å². The highest BCUT2D eigenvalue weighted by Crippen LogP contribution is 2.20. The largest absolute Gasteiger partial charge is 0.401 e. The summed E-state index contributed by atoms with van der Waals surface area (Å²) >= 11 is 0. The van der Waals surface area contributed by atoms with Gasteiger partial charge in [-0.2, -0.15) is 13.2 Å². The molecule has 106 valence electrons. The predicted octanol–water partition coefficient (Wildman–Crippen LogP) is 2.13. The summed E-state index contributed by atoms with van der Waals surface area (Å²) in [6.45, 7) is 6.21. The highest BCUT2D eigenvalue weighted by atomic mass is 19.4. The van der Waals surface area contributed by atoms with Crippen LogP contribution in [0.15, 0.2) is 0 Å². The van der Waals surface area contributed by atoms with Crippen LogP contribution in [0.5, 0.6) is 0 Å². The van der Waals surface area contributed by atoms with E-state index in [1.807, 2.05) is 20.8 Å². The van der Waals surface area contributed by atoms with Crippen LogP contribution in [0.4, 0.5) is 13.2 Å². The van der Waals surface area contributed by atoms with E-state index in [2.05, 4.69) is 0 Å². The van der Waals surface area contributed by atoms with Crippen LogP contribution in [0.1, 0.15) is 27.2 Å². The fourth-order valence-electron chi connectivity index (χ4n) is 2.06. The molecule has 0 radical (unpaired) electrons. The molecule has 0 aromatic heterocycles. The van der Waals surface area contributed by atoms with Gasteiger partial charge < -0.3 is 4.90 Å². The van der Waals surface area contributed by atoms with Crippen molar-refractivity contribution in [3.05, 3.63) is 0 Å².